The molecule has 9 heteroatoms. The van der Waals surface area contributed by atoms with Crippen molar-refractivity contribution < 1.29 is 22.7 Å². The Labute approximate surface area is 174 Å². The number of anilines is 1. The molecule has 1 heterocycles. The molecule has 0 bridgehead atoms. The molecule has 0 radical (unpaired) electrons. The number of amides is 1. The van der Waals surface area contributed by atoms with Crippen LogP contribution in [0.3, 0.4) is 0 Å². The fourth-order valence-electron chi connectivity index (χ4n) is 2.99. The van der Waals surface area contributed by atoms with Gasteiger partial charge in [0, 0.05) is 23.8 Å². The molecule has 0 aromatic heterocycles. The van der Waals surface area contributed by atoms with Crippen molar-refractivity contribution in [3.05, 3.63) is 59.1 Å². The van der Waals surface area contributed by atoms with Crippen molar-refractivity contribution in [3.63, 3.8) is 0 Å². The van der Waals surface area contributed by atoms with Gasteiger partial charge in [0.15, 0.2) is 6.61 Å². The first kappa shape index (κ1) is 21.3. The summed E-state index contributed by atoms with van der Waals surface area (Å²) in [5.41, 5.74) is 0.656. The summed E-state index contributed by atoms with van der Waals surface area (Å²) in [7, 11) is -3.52. The average Bonchev–Trinajstić information content (AvgIpc) is 2.73. The number of hydrogen-bond donors (Lipinski definition) is 1. The van der Waals surface area contributed by atoms with E-state index in [9.17, 15) is 18.0 Å². The Morgan fingerprint density at radius 2 is 1.72 bits per heavy atom. The molecular weight excluding hydrogens is 416 g/mol. The molecule has 0 spiro atoms. The summed E-state index contributed by atoms with van der Waals surface area (Å²) in [5.74, 6) is -1.20. The van der Waals surface area contributed by atoms with Crippen LogP contribution >= 0.6 is 11.6 Å². The molecule has 1 aliphatic rings. The standard InChI is InChI=1S/C20H21ClN2O5S/c21-16-6-4-5-15(13-16)20(25)28-14-19(24)22-17-7-9-18(10-8-17)29(26,27)23-11-2-1-3-12-23/h4-10,13H,1-3,11-12,14H2,(H,22,24). The van der Waals surface area contributed by atoms with Crippen LogP contribution in [0.25, 0.3) is 0 Å². The van der Waals surface area contributed by atoms with Crippen molar-refractivity contribution in [2.75, 3.05) is 25.0 Å². The van der Waals surface area contributed by atoms with Gasteiger partial charge in [-0.2, -0.15) is 4.31 Å². The van der Waals surface area contributed by atoms with Crippen LogP contribution in [0.5, 0.6) is 0 Å². The lowest BCUT2D eigenvalue weighted by atomic mass is 10.2. The first-order valence-electron chi connectivity index (χ1n) is 9.19. The van der Waals surface area contributed by atoms with Gasteiger partial charge in [-0.05, 0) is 55.3 Å². The maximum atomic E-state index is 12.6. The minimum Gasteiger partial charge on any atom is -0.452 e. The number of benzene rings is 2. The SMILES string of the molecule is O=C(COC(=O)c1cccc(Cl)c1)Nc1ccc(S(=O)(=O)N2CCCCC2)cc1. The Hall–Kier alpha value is -2.42. The molecule has 2 aromatic carbocycles. The van der Waals surface area contributed by atoms with Crippen molar-refractivity contribution in [2.24, 2.45) is 0 Å². The lowest BCUT2D eigenvalue weighted by Gasteiger charge is -2.25. The molecule has 0 aliphatic carbocycles. The summed E-state index contributed by atoms with van der Waals surface area (Å²) in [5, 5.41) is 2.96. The number of piperidine rings is 1. The minimum absolute atomic E-state index is 0.185. The van der Waals surface area contributed by atoms with Gasteiger partial charge in [0.1, 0.15) is 0 Å². The van der Waals surface area contributed by atoms with Crippen LogP contribution < -0.4 is 5.32 Å². The summed E-state index contributed by atoms with van der Waals surface area (Å²) in [6, 6.07) is 12.1. The zero-order chi connectivity index (χ0) is 20.9. The zero-order valence-electron chi connectivity index (χ0n) is 15.6. The van der Waals surface area contributed by atoms with E-state index in [1.54, 1.807) is 12.1 Å². The van der Waals surface area contributed by atoms with E-state index in [4.69, 9.17) is 16.3 Å². The highest BCUT2D eigenvalue weighted by molar-refractivity contribution is 7.89. The van der Waals surface area contributed by atoms with Crippen molar-refractivity contribution in [1.82, 2.24) is 4.31 Å². The second-order valence-electron chi connectivity index (χ2n) is 6.62. The summed E-state index contributed by atoms with van der Waals surface area (Å²) < 4.78 is 31.7. The number of halogens is 1. The monoisotopic (exact) mass is 436 g/mol. The molecule has 0 saturated carbocycles. The van der Waals surface area contributed by atoms with Gasteiger partial charge in [-0.3, -0.25) is 4.79 Å². The van der Waals surface area contributed by atoms with Gasteiger partial charge in [0.25, 0.3) is 5.91 Å². The second-order valence-corrected chi connectivity index (χ2v) is 9.00. The average molecular weight is 437 g/mol. The molecular formula is C20H21ClN2O5S. The number of hydrogen-bond acceptors (Lipinski definition) is 5. The van der Waals surface area contributed by atoms with Gasteiger partial charge < -0.3 is 10.1 Å². The lowest BCUT2D eigenvalue weighted by molar-refractivity contribution is -0.119. The number of sulfonamides is 1. The molecule has 0 unspecified atom stereocenters. The first-order chi connectivity index (χ1) is 13.9. The van der Waals surface area contributed by atoms with Crippen LogP contribution in [0.2, 0.25) is 5.02 Å². The van der Waals surface area contributed by atoms with Crippen molar-refractivity contribution >= 4 is 39.2 Å². The third-order valence-electron chi connectivity index (χ3n) is 4.49. The number of esters is 1. The van der Waals surface area contributed by atoms with Crippen LogP contribution in [0.1, 0.15) is 29.6 Å². The Kier molecular flexibility index (Phi) is 6.89. The predicted octanol–water partition coefficient (Wildman–Crippen LogP) is 3.31. The highest BCUT2D eigenvalue weighted by Gasteiger charge is 2.25. The van der Waals surface area contributed by atoms with Gasteiger partial charge in [-0.1, -0.05) is 24.1 Å². The van der Waals surface area contributed by atoms with Crippen LogP contribution in [-0.4, -0.2) is 44.3 Å². The minimum atomic E-state index is -3.52. The van der Waals surface area contributed by atoms with E-state index in [0.29, 0.717) is 23.8 Å². The molecule has 1 aliphatic heterocycles. The van der Waals surface area contributed by atoms with Gasteiger partial charge >= 0.3 is 5.97 Å². The number of ether oxygens (including phenoxy) is 1. The smallest absolute Gasteiger partial charge is 0.338 e. The third kappa shape index (κ3) is 5.56. The van der Waals surface area contributed by atoms with Crippen LogP contribution in [0.4, 0.5) is 5.69 Å². The first-order valence-corrected chi connectivity index (χ1v) is 11.0. The third-order valence-corrected chi connectivity index (χ3v) is 6.63. The van der Waals surface area contributed by atoms with E-state index >= 15 is 0 Å². The maximum absolute atomic E-state index is 12.6. The van der Waals surface area contributed by atoms with Crippen LogP contribution in [-0.2, 0) is 19.6 Å². The molecule has 1 amide bonds. The number of carbonyl (C=O) groups excluding carboxylic acids is 2. The van der Waals surface area contributed by atoms with Gasteiger partial charge in [0.05, 0.1) is 10.5 Å². The maximum Gasteiger partial charge on any atom is 0.338 e. The molecule has 154 valence electrons. The molecule has 7 nitrogen and oxygen atoms in total. The molecule has 2 aromatic rings. The summed E-state index contributed by atoms with van der Waals surface area (Å²) in [6.07, 6.45) is 2.77. The van der Waals surface area contributed by atoms with Crippen molar-refractivity contribution in [3.8, 4) is 0 Å². The van der Waals surface area contributed by atoms with E-state index in [0.717, 1.165) is 19.3 Å². The number of nitrogens with zero attached hydrogens (tertiary/aromatic N) is 1. The van der Waals surface area contributed by atoms with Crippen molar-refractivity contribution in [1.29, 1.82) is 0 Å². The van der Waals surface area contributed by atoms with E-state index in [1.807, 2.05) is 0 Å². The number of rotatable bonds is 6. The van der Waals surface area contributed by atoms with Gasteiger partial charge in [-0.25, -0.2) is 13.2 Å². The van der Waals surface area contributed by atoms with Gasteiger partial charge in [-0.15, -0.1) is 0 Å². The highest BCUT2D eigenvalue weighted by Crippen LogP contribution is 2.22. The molecule has 3 rings (SSSR count). The number of nitrogens with one attached hydrogen (secondary N) is 1. The topological polar surface area (TPSA) is 92.8 Å². The molecule has 1 fully saturated rings. The number of carbonyl (C=O) groups is 2. The summed E-state index contributed by atoms with van der Waals surface area (Å²) in [4.78, 5) is 24.1. The van der Waals surface area contributed by atoms with E-state index in [-0.39, 0.29) is 10.5 Å². The van der Waals surface area contributed by atoms with Crippen LogP contribution in [0.15, 0.2) is 53.4 Å². The molecule has 1 N–H and O–H groups in total. The Bertz CT molecular complexity index is 986. The fourth-order valence-corrected chi connectivity index (χ4v) is 4.70. The Morgan fingerprint density at radius 3 is 2.38 bits per heavy atom. The Morgan fingerprint density at radius 1 is 1.03 bits per heavy atom. The zero-order valence-corrected chi connectivity index (χ0v) is 17.2. The lowest BCUT2D eigenvalue weighted by Crippen LogP contribution is -2.35. The van der Waals surface area contributed by atoms with Gasteiger partial charge in [0.2, 0.25) is 10.0 Å². The normalized spacial score (nSPS) is 14.9. The largest absolute Gasteiger partial charge is 0.452 e. The van der Waals surface area contributed by atoms with Crippen molar-refractivity contribution in [2.45, 2.75) is 24.2 Å². The molecule has 1 saturated heterocycles. The molecule has 29 heavy (non-hydrogen) atoms. The fraction of sp³-hybridized carbons (Fsp3) is 0.300. The second kappa shape index (κ2) is 9.39. The van der Waals surface area contributed by atoms with E-state index in [2.05, 4.69) is 5.32 Å². The van der Waals surface area contributed by atoms with E-state index in [1.165, 1.54) is 40.7 Å². The highest BCUT2D eigenvalue weighted by atomic mass is 35.5. The summed E-state index contributed by atoms with van der Waals surface area (Å²) in [6.45, 7) is 0.580. The van der Waals surface area contributed by atoms with Crippen LogP contribution in [0, 0.1) is 0 Å². The summed E-state index contributed by atoms with van der Waals surface area (Å²) >= 11 is 5.82. The molecule has 0 atom stereocenters. The Balaban J connectivity index is 1.55. The van der Waals surface area contributed by atoms with E-state index < -0.39 is 28.5 Å². The quantitative estimate of drug-likeness (QED) is 0.701. The predicted molar refractivity (Wildman–Crippen MR) is 109 cm³/mol.